The second kappa shape index (κ2) is 6.92. The van der Waals surface area contributed by atoms with E-state index >= 15 is 0 Å². The zero-order valence-corrected chi connectivity index (χ0v) is 13.0. The number of nitrogens with zero attached hydrogens (tertiary/aromatic N) is 2. The molecule has 0 saturated carbocycles. The predicted molar refractivity (Wildman–Crippen MR) is 91.9 cm³/mol. The van der Waals surface area contributed by atoms with Gasteiger partial charge in [0, 0.05) is 23.7 Å². The average molecular weight is 305 g/mol. The molecule has 1 heterocycles. The Bertz CT molecular complexity index is 779. The molecule has 1 atom stereocenters. The third-order valence-electron chi connectivity index (χ3n) is 3.62. The highest BCUT2D eigenvalue weighted by atomic mass is 16.3. The van der Waals surface area contributed by atoms with E-state index in [0.29, 0.717) is 0 Å². The van der Waals surface area contributed by atoms with Gasteiger partial charge in [0.15, 0.2) is 0 Å². The van der Waals surface area contributed by atoms with Gasteiger partial charge < -0.3 is 10.1 Å². The van der Waals surface area contributed by atoms with Crippen molar-refractivity contribution in [2.45, 2.75) is 19.4 Å². The molecule has 4 heteroatoms. The minimum atomic E-state index is 0.0492. The molecule has 2 aromatic carbocycles. The first-order valence-corrected chi connectivity index (χ1v) is 7.63. The van der Waals surface area contributed by atoms with Crippen LogP contribution in [0.15, 0.2) is 72.1 Å². The second-order valence-corrected chi connectivity index (χ2v) is 5.47. The molecular formula is C19H19N3O. The van der Waals surface area contributed by atoms with Gasteiger partial charge in [-0.25, -0.2) is 4.98 Å². The summed E-state index contributed by atoms with van der Waals surface area (Å²) in [6, 6.07) is 17.3. The standard InChI is InChI=1S/C19H19N3O/c1-14(11-16-12-20-13-21-16)22-19(15-7-3-2-4-8-15)17-9-5-6-10-18(17)23/h2-10,12-14,23H,11H2,1H3,(H,20,21)/b22-19+/t14-/m1/s1. The molecule has 0 aliphatic rings. The van der Waals surface area contributed by atoms with Crippen LogP contribution in [0, 0.1) is 0 Å². The van der Waals surface area contributed by atoms with E-state index in [9.17, 15) is 5.11 Å². The Labute approximate surface area is 135 Å². The van der Waals surface area contributed by atoms with Crippen LogP contribution < -0.4 is 0 Å². The molecule has 4 nitrogen and oxygen atoms in total. The summed E-state index contributed by atoms with van der Waals surface area (Å²) in [5.74, 6) is 0.238. The minimum Gasteiger partial charge on any atom is -0.507 e. The first-order valence-electron chi connectivity index (χ1n) is 7.63. The van der Waals surface area contributed by atoms with Crippen LogP contribution in [0.5, 0.6) is 5.75 Å². The Kier molecular flexibility index (Phi) is 4.52. The lowest BCUT2D eigenvalue weighted by molar-refractivity contribution is 0.474. The second-order valence-electron chi connectivity index (χ2n) is 5.47. The Morgan fingerprint density at radius 3 is 2.57 bits per heavy atom. The van der Waals surface area contributed by atoms with Gasteiger partial charge in [-0.1, -0.05) is 42.5 Å². The summed E-state index contributed by atoms with van der Waals surface area (Å²) in [5, 5.41) is 10.2. The molecule has 3 rings (SSSR count). The number of imidazole rings is 1. The zero-order valence-electron chi connectivity index (χ0n) is 13.0. The maximum atomic E-state index is 10.2. The number of phenols is 1. The number of benzene rings is 2. The molecule has 0 radical (unpaired) electrons. The molecule has 116 valence electrons. The van der Waals surface area contributed by atoms with Gasteiger partial charge in [0.1, 0.15) is 5.75 Å². The van der Waals surface area contributed by atoms with Gasteiger partial charge >= 0.3 is 0 Å². The van der Waals surface area contributed by atoms with Gasteiger partial charge in [0.25, 0.3) is 0 Å². The molecule has 0 unspecified atom stereocenters. The Morgan fingerprint density at radius 2 is 1.87 bits per heavy atom. The van der Waals surface area contributed by atoms with E-state index in [0.717, 1.165) is 29.0 Å². The van der Waals surface area contributed by atoms with E-state index in [1.165, 1.54) is 0 Å². The Balaban J connectivity index is 1.98. The molecule has 2 N–H and O–H groups in total. The lowest BCUT2D eigenvalue weighted by Gasteiger charge is -2.12. The van der Waals surface area contributed by atoms with E-state index in [1.54, 1.807) is 12.4 Å². The number of aliphatic imine (C=N–C) groups is 1. The van der Waals surface area contributed by atoms with Crippen molar-refractivity contribution in [3.05, 3.63) is 83.9 Å². The molecule has 0 amide bonds. The number of rotatable bonds is 5. The fraction of sp³-hybridized carbons (Fsp3) is 0.158. The summed E-state index contributed by atoms with van der Waals surface area (Å²) >= 11 is 0. The maximum Gasteiger partial charge on any atom is 0.124 e. The van der Waals surface area contributed by atoms with Crippen molar-refractivity contribution in [3.8, 4) is 5.75 Å². The maximum absolute atomic E-state index is 10.2. The van der Waals surface area contributed by atoms with E-state index in [4.69, 9.17) is 4.99 Å². The van der Waals surface area contributed by atoms with Crippen LogP contribution in [-0.4, -0.2) is 26.8 Å². The third-order valence-corrected chi connectivity index (χ3v) is 3.62. The predicted octanol–water partition coefficient (Wildman–Crippen LogP) is 3.58. The molecule has 0 bridgehead atoms. The number of aromatic amines is 1. The van der Waals surface area contributed by atoms with Crippen LogP contribution in [0.3, 0.4) is 0 Å². The summed E-state index contributed by atoms with van der Waals surface area (Å²) in [4.78, 5) is 12.1. The highest BCUT2D eigenvalue weighted by Crippen LogP contribution is 2.21. The highest BCUT2D eigenvalue weighted by Gasteiger charge is 2.13. The van der Waals surface area contributed by atoms with E-state index in [2.05, 4.69) is 16.9 Å². The average Bonchev–Trinajstić information content (AvgIpc) is 3.07. The van der Waals surface area contributed by atoms with Crippen LogP contribution in [0.25, 0.3) is 0 Å². The quantitative estimate of drug-likeness (QED) is 0.708. The molecular weight excluding hydrogens is 286 g/mol. The molecule has 0 fully saturated rings. The molecule has 3 aromatic rings. The monoisotopic (exact) mass is 305 g/mol. The van der Waals surface area contributed by atoms with Gasteiger partial charge in [-0.15, -0.1) is 0 Å². The van der Waals surface area contributed by atoms with Crippen molar-refractivity contribution in [2.75, 3.05) is 0 Å². The number of hydrogen-bond acceptors (Lipinski definition) is 3. The van der Waals surface area contributed by atoms with Crippen LogP contribution in [0.4, 0.5) is 0 Å². The fourth-order valence-electron chi connectivity index (χ4n) is 2.54. The lowest BCUT2D eigenvalue weighted by atomic mass is 10.0. The first-order chi connectivity index (χ1) is 11.2. The number of H-pyrrole nitrogens is 1. The fourth-order valence-corrected chi connectivity index (χ4v) is 2.54. The molecule has 0 spiro atoms. The molecule has 1 aromatic heterocycles. The van der Waals surface area contributed by atoms with E-state index < -0.39 is 0 Å². The molecule has 0 aliphatic heterocycles. The van der Waals surface area contributed by atoms with Crippen molar-refractivity contribution in [1.29, 1.82) is 0 Å². The van der Waals surface area contributed by atoms with Gasteiger partial charge in [-0.05, 0) is 19.1 Å². The summed E-state index contributed by atoms with van der Waals surface area (Å²) in [6.07, 6.45) is 4.30. The van der Waals surface area contributed by atoms with Crippen molar-refractivity contribution >= 4 is 5.71 Å². The van der Waals surface area contributed by atoms with Crippen LogP contribution in [0.1, 0.15) is 23.7 Å². The lowest BCUT2D eigenvalue weighted by Crippen LogP contribution is -2.11. The zero-order chi connectivity index (χ0) is 16.1. The van der Waals surface area contributed by atoms with Crippen LogP contribution >= 0.6 is 0 Å². The number of para-hydroxylation sites is 1. The first kappa shape index (κ1) is 15.0. The van der Waals surface area contributed by atoms with Crippen molar-refractivity contribution in [1.82, 2.24) is 9.97 Å². The Hall–Kier alpha value is -2.88. The number of aromatic nitrogens is 2. The largest absolute Gasteiger partial charge is 0.507 e. The summed E-state index contributed by atoms with van der Waals surface area (Å²) in [5.41, 5.74) is 3.51. The van der Waals surface area contributed by atoms with Gasteiger partial charge in [-0.2, -0.15) is 0 Å². The number of phenolic OH excluding ortho intramolecular Hbond substituents is 1. The number of hydrogen-bond donors (Lipinski definition) is 2. The normalized spacial score (nSPS) is 13.0. The topological polar surface area (TPSA) is 61.3 Å². The minimum absolute atomic E-state index is 0.0492. The SMILES string of the molecule is C[C@H](Cc1c[nH]cn1)/N=C(\c1ccccc1)c1ccccc1O. The summed E-state index contributed by atoms with van der Waals surface area (Å²) in [7, 11) is 0. The van der Waals surface area contributed by atoms with Crippen molar-refractivity contribution in [3.63, 3.8) is 0 Å². The summed E-state index contributed by atoms with van der Waals surface area (Å²) in [6.45, 7) is 2.05. The smallest absolute Gasteiger partial charge is 0.124 e. The van der Waals surface area contributed by atoms with Crippen molar-refractivity contribution < 1.29 is 5.11 Å². The molecule has 0 saturated heterocycles. The van der Waals surface area contributed by atoms with Crippen LogP contribution in [-0.2, 0) is 6.42 Å². The third kappa shape index (κ3) is 3.66. The van der Waals surface area contributed by atoms with E-state index in [1.807, 2.05) is 54.7 Å². The molecule has 0 aliphatic carbocycles. The summed E-state index contributed by atoms with van der Waals surface area (Å²) < 4.78 is 0. The number of aromatic hydroxyl groups is 1. The van der Waals surface area contributed by atoms with Gasteiger partial charge in [-0.3, -0.25) is 4.99 Å². The van der Waals surface area contributed by atoms with Gasteiger partial charge in [0.05, 0.1) is 23.8 Å². The molecule has 23 heavy (non-hydrogen) atoms. The van der Waals surface area contributed by atoms with Crippen molar-refractivity contribution in [2.24, 2.45) is 4.99 Å². The van der Waals surface area contributed by atoms with Gasteiger partial charge in [0.2, 0.25) is 0 Å². The van der Waals surface area contributed by atoms with Crippen LogP contribution in [0.2, 0.25) is 0 Å². The highest BCUT2D eigenvalue weighted by molar-refractivity contribution is 6.14. The Morgan fingerprint density at radius 1 is 1.13 bits per heavy atom. The number of nitrogens with one attached hydrogen (secondary N) is 1. The van der Waals surface area contributed by atoms with E-state index in [-0.39, 0.29) is 11.8 Å².